The van der Waals surface area contributed by atoms with E-state index in [4.69, 9.17) is 10.5 Å². The van der Waals surface area contributed by atoms with E-state index >= 15 is 0 Å². The highest BCUT2D eigenvalue weighted by molar-refractivity contribution is 6.02. The van der Waals surface area contributed by atoms with Gasteiger partial charge >= 0.3 is 6.18 Å². The van der Waals surface area contributed by atoms with E-state index in [0.29, 0.717) is 17.4 Å². The van der Waals surface area contributed by atoms with Crippen LogP contribution in [0.4, 0.5) is 13.2 Å². The van der Waals surface area contributed by atoms with Gasteiger partial charge in [-0.05, 0) is 23.8 Å². The number of carbonyl (C=O) groups excluding carboxylic acids is 1. The molecule has 1 aromatic rings. The predicted octanol–water partition coefficient (Wildman–Crippen LogP) is 2.68. The lowest BCUT2D eigenvalue weighted by Crippen LogP contribution is -2.20. The molecule has 0 aromatic heterocycles. The summed E-state index contributed by atoms with van der Waals surface area (Å²) in [6, 6.07) is 6.67. The van der Waals surface area contributed by atoms with Crippen molar-refractivity contribution in [2.45, 2.75) is 6.18 Å². The van der Waals surface area contributed by atoms with Crippen molar-refractivity contribution in [2.24, 2.45) is 5.73 Å². The SMILES string of the molecule is COc1ccc(/C=C\C(=O)/C=C(\N)C(F)(F)F)cc1. The van der Waals surface area contributed by atoms with Crippen LogP contribution >= 0.6 is 0 Å². The second-order valence-corrected chi connectivity index (χ2v) is 3.61. The van der Waals surface area contributed by atoms with E-state index < -0.39 is 17.7 Å². The molecule has 19 heavy (non-hydrogen) atoms. The molecule has 0 unspecified atom stereocenters. The van der Waals surface area contributed by atoms with E-state index in [9.17, 15) is 18.0 Å². The van der Waals surface area contributed by atoms with Gasteiger partial charge in [-0.2, -0.15) is 13.2 Å². The molecule has 1 rings (SSSR count). The van der Waals surface area contributed by atoms with E-state index in [1.165, 1.54) is 13.2 Å². The standard InChI is InChI=1S/C13H12F3NO2/c1-19-11-6-3-9(4-7-11)2-5-10(18)8-12(17)13(14,15)16/h2-8H,17H2,1H3/b5-2-,12-8-. The summed E-state index contributed by atoms with van der Waals surface area (Å²) in [6.07, 6.45) is -1.94. The van der Waals surface area contributed by atoms with Crippen LogP contribution < -0.4 is 10.5 Å². The average Bonchev–Trinajstić information content (AvgIpc) is 2.35. The fourth-order valence-corrected chi connectivity index (χ4v) is 1.18. The Bertz CT molecular complexity index is 502. The van der Waals surface area contributed by atoms with Crippen molar-refractivity contribution < 1.29 is 22.7 Å². The Balaban J connectivity index is 2.73. The minimum absolute atomic E-state index is 0.347. The highest BCUT2D eigenvalue weighted by Gasteiger charge is 2.31. The van der Waals surface area contributed by atoms with Crippen molar-refractivity contribution in [3.63, 3.8) is 0 Å². The molecule has 6 heteroatoms. The van der Waals surface area contributed by atoms with Crippen LogP contribution in [0, 0.1) is 0 Å². The fourth-order valence-electron chi connectivity index (χ4n) is 1.18. The second kappa shape index (κ2) is 6.08. The molecule has 3 nitrogen and oxygen atoms in total. The monoisotopic (exact) mass is 271 g/mol. The van der Waals surface area contributed by atoms with E-state index in [2.05, 4.69) is 0 Å². The molecular formula is C13H12F3NO2. The molecule has 2 N–H and O–H groups in total. The molecule has 0 saturated carbocycles. The molecule has 0 spiro atoms. The van der Waals surface area contributed by atoms with Crippen molar-refractivity contribution in [1.29, 1.82) is 0 Å². The van der Waals surface area contributed by atoms with Gasteiger partial charge < -0.3 is 10.5 Å². The third-order valence-electron chi connectivity index (χ3n) is 2.18. The number of carbonyl (C=O) groups is 1. The van der Waals surface area contributed by atoms with Crippen molar-refractivity contribution in [2.75, 3.05) is 7.11 Å². The third-order valence-corrected chi connectivity index (χ3v) is 2.18. The highest BCUT2D eigenvalue weighted by Crippen LogP contribution is 2.21. The number of methoxy groups -OCH3 is 1. The lowest BCUT2D eigenvalue weighted by Gasteiger charge is -2.04. The summed E-state index contributed by atoms with van der Waals surface area (Å²) in [7, 11) is 1.51. The lowest BCUT2D eigenvalue weighted by molar-refractivity contribution is -0.112. The summed E-state index contributed by atoms with van der Waals surface area (Å²) in [5, 5.41) is 0. The molecule has 0 bridgehead atoms. The Morgan fingerprint density at radius 1 is 1.26 bits per heavy atom. The number of benzene rings is 1. The Morgan fingerprint density at radius 2 is 1.84 bits per heavy atom. The number of halogens is 3. The first-order valence-electron chi connectivity index (χ1n) is 5.23. The molecule has 0 saturated heterocycles. The molecule has 0 heterocycles. The zero-order chi connectivity index (χ0) is 14.5. The van der Waals surface area contributed by atoms with Crippen molar-refractivity contribution >= 4 is 11.9 Å². The first-order valence-corrected chi connectivity index (χ1v) is 5.23. The summed E-state index contributed by atoms with van der Waals surface area (Å²) < 4.78 is 41.2. The zero-order valence-electron chi connectivity index (χ0n) is 10.1. The molecule has 0 amide bonds. The van der Waals surface area contributed by atoms with Gasteiger partial charge in [-0.3, -0.25) is 4.79 Å². The predicted molar refractivity (Wildman–Crippen MR) is 65.4 cm³/mol. The topological polar surface area (TPSA) is 52.3 Å². The van der Waals surface area contributed by atoms with Gasteiger partial charge in [0, 0.05) is 6.08 Å². The molecule has 1 aromatic carbocycles. The molecule has 0 aliphatic carbocycles. The number of alkyl halides is 3. The molecule has 0 aliphatic rings. The quantitative estimate of drug-likeness (QED) is 0.856. The highest BCUT2D eigenvalue weighted by atomic mass is 19.4. The zero-order valence-corrected chi connectivity index (χ0v) is 10.1. The summed E-state index contributed by atoms with van der Waals surface area (Å²) in [5.41, 5.74) is 3.96. The first-order chi connectivity index (χ1) is 8.82. The number of ether oxygens (including phenoxy) is 1. The van der Waals surface area contributed by atoms with E-state index in [0.717, 1.165) is 6.08 Å². The van der Waals surface area contributed by atoms with E-state index in [1.54, 1.807) is 24.3 Å². The van der Waals surface area contributed by atoms with Crippen molar-refractivity contribution in [3.8, 4) is 5.75 Å². The second-order valence-electron chi connectivity index (χ2n) is 3.61. The smallest absolute Gasteiger partial charge is 0.430 e. The van der Waals surface area contributed by atoms with Gasteiger partial charge in [0.25, 0.3) is 0 Å². The van der Waals surface area contributed by atoms with E-state index in [1.807, 2.05) is 0 Å². The van der Waals surface area contributed by atoms with Crippen molar-refractivity contribution in [3.05, 3.63) is 47.7 Å². The summed E-state index contributed by atoms with van der Waals surface area (Å²) in [5.74, 6) is -0.185. The first kappa shape index (κ1) is 14.8. The number of rotatable bonds is 4. The van der Waals surface area contributed by atoms with Gasteiger partial charge in [-0.15, -0.1) is 0 Å². The van der Waals surface area contributed by atoms with Crippen LogP contribution in [-0.2, 0) is 4.79 Å². The van der Waals surface area contributed by atoms with Gasteiger partial charge in [-0.25, -0.2) is 0 Å². The minimum atomic E-state index is -4.69. The summed E-state index contributed by atoms with van der Waals surface area (Å²) >= 11 is 0. The van der Waals surface area contributed by atoms with Crippen LogP contribution in [0.3, 0.4) is 0 Å². The molecule has 0 fully saturated rings. The van der Waals surface area contributed by atoms with Gasteiger partial charge in [0.15, 0.2) is 5.78 Å². The number of ketones is 1. The van der Waals surface area contributed by atoms with Gasteiger partial charge in [0.05, 0.1) is 7.11 Å². The largest absolute Gasteiger partial charge is 0.497 e. The van der Waals surface area contributed by atoms with Gasteiger partial charge in [0.2, 0.25) is 0 Å². The maximum Gasteiger partial charge on any atom is 0.430 e. The van der Waals surface area contributed by atoms with Crippen LogP contribution in [0.5, 0.6) is 5.75 Å². The van der Waals surface area contributed by atoms with Crippen LogP contribution in [0.25, 0.3) is 6.08 Å². The molecule has 0 radical (unpaired) electrons. The Morgan fingerprint density at radius 3 is 2.32 bits per heavy atom. The number of hydrogen-bond donors (Lipinski definition) is 1. The third kappa shape index (κ3) is 4.87. The average molecular weight is 271 g/mol. The Labute approximate surface area is 108 Å². The van der Waals surface area contributed by atoms with E-state index in [-0.39, 0.29) is 0 Å². The van der Waals surface area contributed by atoms with Crippen LogP contribution in [0.1, 0.15) is 5.56 Å². The van der Waals surface area contributed by atoms with Crippen LogP contribution in [-0.4, -0.2) is 19.1 Å². The van der Waals surface area contributed by atoms with Crippen LogP contribution in [0.15, 0.2) is 42.1 Å². The minimum Gasteiger partial charge on any atom is -0.497 e. The maximum absolute atomic E-state index is 12.1. The lowest BCUT2D eigenvalue weighted by atomic mass is 10.2. The number of hydrogen-bond acceptors (Lipinski definition) is 3. The molecule has 102 valence electrons. The number of allylic oxidation sites excluding steroid dienone is 3. The van der Waals surface area contributed by atoms with Crippen molar-refractivity contribution in [1.82, 2.24) is 0 Å². The summed E-state index contributed by atoms with van der Waals surface area (Å²) in [6.45, 7) is 0. The Hall–Kier alpha value is -2.24. The molecular weight excluding hydrogens is 259 g/mol. The maximum atomic E-state index is 12.1. The normalized spacial score (nSPS) is 12.7. The van der Waals surface area contributed by atoms with Gasteiger partial charge in [-0.1, -0.05) is 18.2 Å². The fraction of sp³-hybridized carbons (Fsp3) is 0.154. The summed E-state index contributed by atoms with van der Waals surface area (Å²) in [4.78, 5) is 11.2. The molecule has 0 aliphatic heterocycles. The molecule has 0 atom stereocenters. The number of nitrogens with two attached hydrogens (primary N) is 1. The van der Waals surface area contributed by atoms with Crippen LogP contribution in [0.2, 0.25) is 0 Å². The Kier molecular flexibility index (Phi) is 4.74. The van der Waals surface area contributed by atoms with Gasteiger partial charge in [0.1, 0.15) is 11.4 Å².